The van der Waals surface area contributed by atoms with Gasteiger partial charge in [0.1, 0.15) is 11.6 Å². The van der Waals surface area contributed by atoms with Gasteiger partial charge >= 0.3 is 0 Å². The molecule has 1 unspecified atom stereocenters. The molecule has 138 valence electrons. The van der Waals surface area contributed by atoms with Gasteiger partial charge in [-0.3, -0.25) is 4.98 Å². The molecule has 0 amide bonds. The van der Waals surface area contributed by atoms with E-state index in [1.54, 1.807) is 19.5 Å². The minimum Gasteiger partial charge on any atom is -0.496 e. The van der Waals surface area contributed by atoms with Crippen molar-refractivity contribution in [2.24, 2.45) is 11.3 Å². The lowest BCUT2D eigenvalue weighted by atomic mass is 9.56. The van der Waals surface area contributed by atoms with Crippen LogP contribution in [0.25, 0.3) is 10.9 Å². The average Bonchev–Trinajstić information content (AvgIpc) is 2.65. The minimum atomic E-state index is -0.507. The summed E-state index contributed by atoms with van der Waals surface area (Å²) < 4.78 is 5.37. The van der Waals surface area contributed by atoms with Crippen molar-refractivity contribution in [2.75, 3.05) is 25.1 Å². The molecule has 0 bridgehead atoms. The van der Waals surface area contributed by atoms with Crippen LogP contribution in [0.4, 0.5) is 5.82 Å². The molecule has 27 heavy (non-hydrogen) atoms. The second-order valence-corrected chi connectivity index (χ2v) is 7.95. The van der Waals surface area contributed by atoms with Gasteiger partial charge in [-0.1, -0.05) is 18.2 Å². The van der Waals surface area contributed by atoms with E-state index < -0.39 is 6.10 Å². The molecule has 1 spiro atoms. The summed E-state index contributed by atoms with van der Waals surface area (Å²) >= 11 is 0. The predicted octanol–water partition coefficient (Wildman–Crippen LogP) is 3.59. The Bertz CT molecular complexity index is 976. The number of ether oxygens (including phenoxy) is 1. The lowest BCUT2D eigenvalue weighted by Gasteiger charge is -2.60. The lowest BCUT2D eigenvalue weighted by Crippen LogP contribution is -2.63. The molecular weight excluding hydrogens is 338 g/mol. The van der Waals surface area contributed by atoms with Crippen LogP contribution in [0.2, 0.25) is 0 Å². The Morgan fingerprint density at radius 3 is 2.78 bits per heavy atom. The molecule has 1 aliphatic heterocycles. The number of aliphatic hydroxyl groups is 1. The van der Waals surface area contributed by atoms with Crippen LogP contribution in [-0.4, -0.2) is 35.3 Å². The molecule has 2 fully saturated rings. The first-order valence-electron chi connectivity index (χ1n) is 9.44. The maximum absolute atomic E-state index is 10.8. The van der Waals surface area contributed by atoms with Crippen molar-refractivity contribution in [1.29, 1.82) is 0 Å². The Balaban J connectivity index is 1.24. The van der Waals surface area contributed by atoms with Crippen molar-refractivity contribution in [3.63, 3.8) is 0 Å². The highest BCUT2D eigenvalue weighted by Crippen LogP contribution is 2.56. The Morgan fingerprint density at radius 1 is 1.15 bits per heavy atom. The second-order valence-electron chi connectivity index (χ2n) is 7.95. The summed E-state index contributed by atoms with van der Waals surface area (Å²) in [6.07, 6.45) is 4.98. The van der Waals surface area contributed by atoms with Gasteiger partial charge in [0.25, 0.3) is 0 Å². The Morgan fingerprint density at radius 2 is 1.96 bits per heavy atom. The number of aliphatic hydroxyl groups excluding tert-OH is 1. The van der Waals surface area contributed by atoms with E-state index in [0.717, 1.165) is 42.8 Å². The van der Waals surface area contributed by atoms with Crippen LogP contribution in [0.1, 0.15) is 24.5 Å². The van der Waals surface area contributed by atoms with Gasteiger partial charge in [0.05, 0.1) is 18.7 Å². The zero-order chi connectivity index (χ0) is 18.4. The predicted molar refractivity (Wildman–Crippen MR) is 105 cm³/mol. The number of methoxy groups -OCH3 is 1. The van der Waals surface area contributed by atoms with Crippen LogP contribution in [0.15, 0.2) is 54.9 Å². The smallest absolute Gasteiger partial charge is 0.129 e. The van der Waals surface area contributed by atoms with Crippen LogP contribution in [0.5, 0.6) is 5.75 Å². The number of fused-ring (bicyclic) bond motifs is 1. The number of rotatable bonds is 4. The monoisotopic (exact) mass is 361 g/mol. The normalized spacial score (nSPS) is 19.6. The molecule has 1 saturated heterocycles. The number of hydrogen-bond donors (Lipinski definition) is 1. The van der Waals surface area contributed by atoms with Gasteiger partial charge in [0, 0.05) is 41.8 Å². The average molecular weight is 361 g/mol. The topological polar surface area (TPSA) is 58.5 Å². The number of pyridine rings is 2. The summed E-state index contributed by atoms with van der Waals surface area (Å²) in [6, 6.07) is 14.3. The molecule has 1 N–H and O–H groups in total. The van der Waals surface area contributed by atoms with Crippen molar-refractivity contribution >= 4 is 16.7 Å². The van der Waals surface area contributed by atoms with Gasteiger partial charge in [0.15, 0.2) is 0 Å². The molecule has 2 aromatic heterocycles. The van der Waals surface area contributed by atoms with E-state index in [-0.39, 0.29) is 5.92 Å². The Labute approximate surface area is 158 Å². The number of nitrogens with zero attached hydrogens (tertiary/aromatic N) is 3. The lowest BCUT2D eigenvalue weighted by molar-refractivity contribution is -0.0518. The molecule has 2 aliphatic rings. The third-order valence-electron chi connectivity index (χ3n) is 6.15. The van der Waals surface area contributed by atoms with Crippen LogP contribution >= 0.6 is 0 Å². The SMILES string of the molecule is COc1ccncc1C(O)C1CC2(C1)CN(c1ccc3ccccc3n1)C2. The fourth-order valence-electron chi connectivity index (χ4n) is 4.75. The molecule has 1 aromatic carbocycles. The Hall–Kier alpha value is -2.66. The van der Waals surface area contributed by atoms with E-state index in [0.29, 0.717) is 11.2 Å². The number of hydrogen-bond acceptors (Lipinski definition) is 5. The summed E-state index contributed by atoms with van der Waals surface area (Å²) in [5, 5.41) is 11.9. The maximum Gasteiger partial charge on any atom is 0.129 e. The van der Waals surface area contributed by atoms with Crippen LogP contribution in [-0.2, 0) is 0 Å². The molecule has 1 aliphatic carbocycles. The summed E-state index contributed by atoms with van der Waals surface area (Å²) in [4.78, 5) is 11.3. The van der Waals surface area contributed by atoms with E-state index in [4.69, 9.17) is 9.72 Å². The molecule has 3 heterocycles. The van der Waals surface area contributed by atoms with E-state index >= 15 is 0 Å². The highest BCUT2D eigenvalue weighted by Gasteiger charge is 2.54. The third-order valence-corrected chi connectivity index (χ3v) is 6.15. The van der Waals surface area contributed by atoms with Crippen molar-refractivity contribution in [3.8, 4) is 5.75 Å². The zero-order valence-corrected chi connectivity index (χ0v) is 15.4. The first kappa shape index (κ1) is 16.5. The third kappa shape index (κ3) is 2.73. The second kappa shape index (κ2) is 6.20. The summed E-state index contributed by atoms with van der Waals surface area (Å²) in [6.45, 7) is 2.04. The first-order chi connectivity index (χ1) is 13.2. The summed E-state index contributed by atoms with van der Waals surface area (Å²) in [5.41, 5.74) is 2.17. The van der Waals surface area contributed by atoms with E-state index in [1.807, 2.05) is 18.2 Å². The molecule has 1 saturated carbocycles. The van der Waals surface area contributed by atoms with Gasteiger partial charge in [-0.2, -0.15) is 0 Å². The van der Waals surface area contributed by atoms with Crippen molar-refractivity contribution < 1.29 is 9.84 Å². The summed E-state index contributed by atoms with van der Waals surface area (Å²) in [7, 11) is 1.63. The number of benzene rings is 1. The first-order valence-corrected chi connectivity index (χ1v) is 9.44. The molecule has 0 radical (unpaired) electrons. The van der Waals surface area contributed by atoms with Gasteiger partial charge < -0.3 is 14.7 Å². The van der Waals surface area contributed by atoms with Crippen LogP contribution in [0, 0.1) is 11.3 Å². The number of aromatic nitrogens is 2. The molecule has 5 rings (SSSR count). The van der Waals surface area contributed by atoms with Crippen LogP contribution < -0.4 is 9.64 Å². The van der Waals surface area contributed by atoms with Crippen molar-refractivity contribution in [1.82, 2.24) is 9.97 Å². The zero-order valence-electron chi connectivity index (χ0n) is 15.4. The standard InChI is InChI=1S/C22H23N3O2/c1-27-19-8-9-23-12-17(19)21(26)16-10-22(11-16)13-25(14-22)20-7-6-15-4-2-3-5-18(15)24-20/h2-9,12,16,21,26H,10-11,13-14H2,1H3. The fourth-order valence-corrected chi connectivity index (χ4v) is 4.75. The Kier molecular flexibility index (Phi) is 3.79. The van der Waals surface area contributed by atoms with Crippen molar-refractivity contribution in [2.45, 2.75) is 18.9 Å². The molecule has 3 aromatic rings. The van der Waals surface area contributed by atoms with Crippen LogP contribution in [0.3, 0.4) is 0 Å². The van der Waals surface area contributed by atoms with E-state index in [2.05, 4.69) is 34.1 Å². The van der Waals surface area contributed by atoms with E-state index in [1.165, 1.54) is 5.39 Å². The van der Waals surface area contributed by atoms with Crippen molar-refractivity contribution in [3.05, 3.63) is 60.4 Å². The number of anilines is 1. The van der Waals surface area contributed by atoms with Gasteiger partial charge in [0.2, 0.25) is 0 Å². The largest absolute Gasteiger partial charge is 0.496 e. The maximum atomic E-state index is 10.8. The highest BCUT2D eigenvalue weighted by atomic mass is 16.5. The summed E-state index contributed by atoms with van der Waals surface area (Å²) in [5.74, 6) is 2.04. The molecule has 5 nitrogen and oxygen atoms in total. The quantitative estimate of drug-likeness (QED) is 0.770. The molecule has 5 heteroatoms. The minimum absolute atomic E-state index is 0.273. The van der Waals surface area contributed by atoms with Gasteiger partial charge in [-0.15, -0.1) is 0 Å². The highest BCUT2D eigenvalue weighted by molar-refractivity contribution is 5.80. The number of para-hydroxylation sites is 1. The van der Waals surface area contributed by atoms with Gasteiger partial charge in [-0.05, 0) is 43.0 Å². The van der Waals surface area contributed by atoms with Gasteiger partial charge in [-0.25, -0.2) is 4.98 Å². The molecular formula is C22H23N3O2. The fraction of sp³-hybridized carbons (Fsp3) is 0.364. The molecule has 1 atom stereocenters. The van der Waals surface area contributed by atoms with E-state index in [9.17, 15) is 5.11 Å².